The van der Waals surface area contributed by atoms with Crippen LogP contribution in [0.3, 0.4) is 0 Å². The van der Waals surface area contributed by atoms with Crippen molar-refractivity contribution in [2.75, 3.05) is 5.32 Å². The molecular formula is C21H27N3O3S. The molecule has 4 bridgehead atoms. The highest BCUT2D eigenvalue weighted by atomic mass is 32.1. The highest BCUT2D eigenvalue weighted by molar-refractivity contribution is 7.18. The number of rotatable bonds is 5. The summed E-state index contributed by atoms with van der Waals surface area (Å²) >= 11 is 1.23. The van der Waals surface area contributed by atoms with Gasteiger partial charge in [-0.25, -0.2) is 0 Å². The molecule has 1 heterocycles. The molecule has 5 saturated carbocycles. The standard InChI is InChI=1S/C21H27N3O3S/c25-17(11-21-8-12-5-13(9-21)7-14(6-12)10-21)23-24-20(27)16-3-4-18(28-16)22-19(26)15-1-2-15/h3-4,12-15H,1-2,5-11H2,(H,22,26)(H,23,25)(H,24,27). The van der Waals surface area contributed by atoms with E-state index in [1.54, 1.807) is 12.1 Å². The Kier molecular flexibility index (Phi) is 4.45. The molecule has 1 aromatic heterocycles. The summed E-state index contributed by atoms with van der Waals surface area (Å²) in [5.74, 6) is 2.16. The molecule has 0 aromatic carbocycles. The van der Waals surface area contributed by atoms with Gasteiger partial charge in [-0.2, -0.15) is 0 Å². The molecule has 150 valence electrons. The second kappa shape index (κ2) is 6.87. The fraction of sp³-hybridized carbons (Fsp3) is 0.667. The summed E-state index contributed by atoms with van der Waals surface area (Å²) in [5.41, 5.74) is 5.32. The Hall–Kier alpha value is -1.89. The minimum Gasteiger partial charge on any atom is -0.317 e. The topological polar surface area (TPSA) is 87.3 Å². The zero-order valence-electron chi connectivity index (χ0n) is 16.0. The number of hydrogen-bond acceptors (Lipinski definition) is 4. The van der Waals surface area contributed by atoms with E-state index in [0.29, 0.717) is 16.3 Å². The third-order valence-electron chi connectivity index (χ3n) is 7.04. The molecule has 0 atom stereocenters. The Morgan fingerprint density at radius 2 is 1.61 bits per heavy atom. The molecule has 1 aromatic rings. The van der Waals surface area contributed by atoms with Gasteiger partial charge < -0.3 is 5.32 Å². The van der Waals surface area contributed by atoms with Gasteiger partial charge in [0.05, 0.1) is 9.88 Å². The minimum atomic E-state index is -0.337. The molecule has 3 amide bonds. The molecule has 7 heteroatoms. The SMILES string of the molecule is O=C(CC12CC3CC(CC(C3)C1)C2)NNC(=O)c1ccc(NC(=O)C2CC2)s1. The Morgan fingerprint density at radius 3 is 2.21 bits per heavy atom. The van der Waals surface area contributed by atoms with Gasteiger partial charge in [0.2, 0.25) is 11.8 Å². The monoisotopic (exact) mass is 401 g/mol. The number of hydrogen-bond donors (Lipinski definition) is 3. The van der Waals surface area contributed by atoms with Crippen LogP contribution in [0.2, 0.25) is 0 Å². The van der Waals surface area contributed by atoms with Crippen LogP contribution in [-0.2, 0) is 9.59 Å². The molecule has 0 unspecified atom stereocenters. The maximum Gasteiger partial charge on any atom is 0.279 e. The van der Waals surface area contributed by atoms with Gasteiger partial charge in [0.1, 0.15) is 0 Å². The van der Waals surface area contributed by atoms with E-state index in [-0.39, 0.29) is 29.1 Å². The molecule has 6 nitrogen and oxygen atoms in total. The lowest BCUT2D eigenvalue weighted by molar-refractivity contribution is -0.130. The molecule has 0 radical (unpaired) electrons. The maximum absolute atomic E-state index is 12.5. The summed E-state index contributed by atoms with van der Waals surface area (Å²) in [6, 6.07) is 3.41. The first kappa shape index (κ1) is 18.2. The van der Waals surface area contributed by atoms with Crippen molar-refractivity contribution < 1.29 is 14.4 Å². The normalized spacial score (nSPS) is 32.8. The van der Waals surface area contributed by atoms with Gasteiger partial charge >= 0.3 is 0 Å². The van der Waals surface area contributed by atoms with Gasteiger partial charge in [0.15, 0.2) is 0 Å². The van der Waals surface area contributed by atoms with Gasteiger partial charge in [-0.1, -0.05) is 0 Å². The van der Waals surface area contributed by atoms with Gasteiger partial charge in [-0.15, -0.1) is 11.3 Å². The number of hydrazine groups is 1. The number of nitrogens with one attached hydrogen (secondary N) is 3. The average Bonchev–Trinajstić information content (AvgIpc) is 3.38. The highest BCUT2D eigenvalue weighted by Gasteiger charge is 2.51. The van der Waals surface area contributed by atoms with Crippen molar-refractivity contribution >= 4 is 34.1 Å². The van der Waals surface area contributed by atoms with Crippen molar-refractivity contribution in [2.24, 2.45) is 29.1 Å². The molecule has 5 aliphatic rings. The third kappa shape index (κ3) is 3.69. The minimum absolute atomic E-state index is 0.0256. The molecule has 5 aliphatic carbocycles. The van der Waals surface area contributed by atoms with Gasteiger partial charge in [-0.05, 0) is 86.7 Å². The predicted octanol–water partition coefficient (Wildman–Crippen LogP) is 3.46. The largest absolute Gasteiger partial charge is 0.317 e. The smallest absolute Gasteiger partial charge is 0.279 e. The van der Waals surface area contributed by atoms with Crippen LogP contribution in [0.15, 0.2) is 12.1 Å². The van der Waals surface area contributed by atoms with Crippen LogP contribution >= 0.6 is 11.3 Å². The van der Waals surface area contributed by atoms with Crippen LogP contribution in [-0.4, -0.2) is 17.7 Å². The molecule has 0 spiro atoms. The molecular weight excluding hydrogens is 374 g/mol. The lowest BCUT2D eigenvalue weighted by Gasteiger charge is -2.56. The van der Waals surface area contributed by atoms with Crippen molar-refractivity contribution in [3.8, 4) is 0 Å². The van der Waals surface area contributed by atoms with Crippen LogP contribution < -0.4 is 16.2 Å². The molecule has 3 N–H and O–H groups in total. The van der Waals surface area contributed by atoms with Gasteiger partial charge in [0.25, 0.3) is 5.91 Å². The van der Waals surface area contributed by atoms with E-state index in [1.165, 1.54) is 49.9 Å². The first-order valence-corrected chi connectivity index (χ1v) is 11.3. The van der Waals surface area contributed by atoms with E-state index in [2.05, 4.69) is 16.2 Å². The van der Waals surface area contributed by atoms with Crippen LogP contribution in [0.25, 0.3) is 0 Å². The number of thiophene rings is 1. The number of anilines is 1. The van der Waals surface area contributed by atoms with E-state index in [1.807, 2.05) is 0 Å². The second-order valence-corrected chi connectivity index (χ2v) is 10.6. The second-order valence-electron chi connectivity index (χ2n) is 9.52. The molecule has 6 rings (SSSR count). The van der Waals surface area contributed by atoms with E-state index >= 15 is 0 Å². The van der Waals surface area contributed by atoms with E-state index < -0.39 is 0 Å². The van der Waals surface area contributed by atoms with Crippen molar-refractivity contribution in [3.63, 3.8) is 0 Å². The van der Waals surface area contributed by atoms with Crippen molar-refractivity contribution in [2.45, 2.75) is 57.8 Å². The summed E-state index contributed by atoms with van der Waals surface area (Å²) in [5, 5.41) is 3.51. The van der Waals surface area contributed by atoms with Crippen LogP contribution in [0.4, 0.5) is 5.00 Å². The maximum atomic E-state index is 12.5. The Labute approximate surface area is 168 Å². The average molecular weight is 402 g/mol. The highest BCUT2D eigenvalue weighted by Crippen LogP contribution is 2.61. The first-order chi connectivity index (χ1) is 13.5. The van der Waals surface area contributed by atoms with Crippen LogP contribution in [0, 0.1) is 29.1 Å². The van der Waals surface area contributed by atoms with E-state index in [4.69, 9.17) is 0 Å². The van der Waals surface area contributed by atoms with Crippen molar-refractivity contribution in [1.29, 1.82) is 0 Å². The lowest BCUT2D eigenvalue weighted by Crippen LogP contribution is -2.50. The summed E-state index contributed by atoms with van der Waals surface area (Å²) in [4.78, 5) is 37.1. The van der Waals surface area contributed by atoms with Gasteiger partial charge in [0, 0.05) is 12.3 Å². The van der Waals surface area contributed by atoms with Gasteiger partial charge in [-0.3, -0.25) is 25.2 Å². The molecule has 5 fully saturated rings. The zero-order chi connectivity index (χ0) is 19.3. The Bertz CT molecular complexity index is 778. The number of carbonyl (C=O) groups excluding carboxylic acids is 3. The van der Waals surface area contributed by atoms with E-state index in [9.17, 15) is 14.4 Å². The zero-order valence-corrected chi connectivity index (χ0v) is 16.8. The van der Waals surface area contributed by atoms with Crippen LogP contribution in [0.1, 0.15) is 67.5 Å². The van der Waals surface area contributed by atoms with E-state index in [0.717, 1.165) is 30.6 Å². The Morgan fingerprint density at radius 1 is 0.964 bits per heavy atom. The summed E-state index contributed by atoms with van der Waals surface area (Å²) < 4.78 is 0. The quantitative estimate of drug-likeness (QED) is 0.660. The Balaban J connectivity index is 1.12. The third-order valence-corrected chi connectivity index (χ3v) is 8.04. The van der Waals surface area contributed by atoms with Crippen LogP contribution in [0.5, 0.6) is 0 Å². The predicted molar refractivity (Wildman–Crippen MR) is 107 cm³/mol. The fourth-order valence-electron chi connectivity index (χ4n) is 6.18. The van der Waals surface area contributed by atoms with Crippen molar-refractivity contribution in [3.05, 3.63) is 17.0 Å². The number of carbonyl (C=O) groups is 3. The fourth-order valence-corrected chi connectivity index (χ4v) is 6.98. The number of amides is 3. The molecule has 28 heavy (non-hydrogen) atoms. The molecule has 0 saturated heterocycles. The summed E-state index contributed by atoms with van der Waals surface area (Å²) in [7, 11) is 0. The van der Waals surface area contributed by atoms with Crippen molar-refractivity contribution in [1.82, 2.24) is 10.9 Å². The molecule has 0 aliphatic heterocycles. The summed E-state index contributed by atoms with van der Waals surface area (Å²) in [6.45, 7) is 0. The lowest BCUT2D eigenvalue weighted by atomic mass is 9.49. The summed E-state index contributed by atoms with van der Waals surface area (Å²) in [6.07, 6.45) is 10.0. The first-order valence-electron chi connectivity index (χ1n) is 10.5.